The first-order valence-corrected chi connectivity index (χ1v) is 5.00. The molecule has 0 aliphatic carbocycles. The van der Waals surface area contributed by atoms with E-state index in [0.29, 0.717) is 11.5 Å². The zero-order valence-electron chi connectivity index (χ0n) is 8.51. The van der Waals surface area contributed by atoms with Gasteiger partial charge in [-0.15, -0.1) is 12.4 Å². The quantitative estimate of drug-likeness (QED) is 0.652. The van der Waals surface area contributed by atoms with Gasteiger partial charge in [-0.05, 0) is 24.2 Å². The van der Waals surface area contributed by atoms with Crippen LogP contribution in [0.4, 0.5) is 0 Å². The van der Waals surface area contributed by atoms with Gasteiger partial charge in [0.05, 0.1) is 6.10 Å². The highest BCUT2D eigenvalue weighted by molar-refractivity contribution is 5.85. The molecule has 2 aliphatic rings. The lowest BCUT2D eigenvalue weighted by Gasteiger charge is -2.25. The van der Waals surface area contributed by atoms with Crippen LogP contribution in [0.2, 0.25) is 0 Å². The number of hydrogen-bond donors (Lipinski definition) is 1. The SMILES string of the molecule is CC1(C)CNC[C@H]2CCO[C@H]2C1.Cl. The molecule has 0 spiro atoms. The molecule has 0 radical (unpaired) electrons. The zero-order valence-corrected chi connectivity index (χ0v) is 9.32. The number of nitrogens with one attached hydrogen (secondary N) is 1. The second kappa shape index (κ2) is 4.16. The molecular formula is C10H20ClNO. The molecule has 2 nitrogen and oxygen atoms in total. The van der Waals surface area contributed by atoms with E-state index in [9.17, 15) is 0 Å². The minimum Gasteiger partial charge on any atom is -0.378 e. The topological polar surface area (TPSA) is 21.3 Å². The van der Waals surface area contributed by atoms with Crippen molar-refractivity contribution in [1.82, 2.24) is 5.32 Å². The van der Waals surface area contributed by atoms with Crippen molar-refractivity contribution in [3.63, 3.8) is 0 Å². The van der Waals surface area contributed by atoms with Crippen LogP contribution in [0.5, 0.6) is 0 Å². The minimum atomic E-state index is 0. The maximum Gasteiger partial charge on any atom is 0.0621 e. The van der Waals surface area contributed by atoms with Gasteiger partial charge in [-0.1, -0.05) is 13.8 Å². The average molecular weight is 206 g/mol. The first-order chi connectivity index (χ1) is 5.67. The molecule has 0 unspecified atom stereocenters. The van der Waals surface area contributed by atoms with Crippen molar-refractivity contribution in [2.75, 3.05) is 19.7 Å². The van der Waals surface area contributed by atoms with Crippen LogP contribution in [-0.2, 0) is 4.74 Å². The van der Waals surface area contributed by atoms with Gasteiger partial charge in [0.2, 0.25) is 0 Å². The molecule has 0 amide bonds. The number of halogens is 1. The highest BCUT2D eigenvalue weighted by atomic mass is 35.5. The molecule has 0 saturated carbocycles. The fourth-order valence-corrected chi connectivity index (χ4v) is 2.36. The molecule has 0 aromatic heterocycles. The Hall–Kier alpha value is 0.210. The Bertz CT molecular complexity index is 172. The number of rotatable bonds is 0. The van der Waals surface area contributed by atoms with Gasteiger partial charge in [-0.2, -0.15) is 0 Å². The van der Waals surface area contributed by atoms with E-state index < -0.39 is 0 Å². The summed E-state index contributed by atoms with van der Waals surface area (Å²) in [5, 5.41) is 3.53. The van der Waals surface area contributed by atoms with E-state index in [0.717, 1.165) is 25.6 Å². The maximum atomic E-state index is 5.73. The molecule has 0 bridgehead atoms. The third kappa shape index (κ3) is 2.58. The number of fused-ring (bicyclic) bond motifs is 1. The van der Waals surface area contributed by atoms with Crippen LogP contribution in [-0.4, -0.2) is 25.8 Å². The van der Waals surface area contributed by atoms with Crippen molar-refractivity contribution < 1.29 is 4.74 Å². The van der Waals surface area contributed by atoms with E-state index in [2.05, 4.69) is 19.2 Å². The van der Waals surface area contributed by atoms with Crippen molar-refractivity contribution in [3.8, 4) is 0 Å². The van der Waals surface area contributed by atoms with Gasteiger partial charge in [0.1, 0.15) is 0 Å². The van der Waals surface area contributed by atoms with E-state index in [1.54, 1.807) is 0 Å². The van der Waals surface area contributed by atoms with Crippen LogP contribution in [0.3, 0.4) is 0 Å². The summed E-state index contributed by atoms with van der Waals surface area (Å²) in [6.45, 7) is 7.93. The van der Waals surface area contributed by atoms with Crippen LogP contribution >= 0.6 is 12.4 Å². The normalized spacial score (nSPS) is 37.4. The third-order valence-electron chi connectivity index (χ3n) is 3.11. The zero-order chi connectivity index (χ0) is 8.60. The summed E-state index contributed by atoms with van der Waals surface area (Å²) in [4.78, 5) is 0. The lowest BCUT2D eigenvalue weighted by Crippen LogP contribution is -2.28. The van der Waals surface area contributed by atoms with E-state index in [1.165, 1.54) is 12.8 Å². The van der Waals surface area contributed by atoms with Crippen LogP contribution < -0.4 is 5.32 Å². The summed E-state index contributed by atoms with van der Waals surface area (Å²) < 4.78 is 5.73. The van der Waals surface area contributed by atoms with Gasteiger partial charge in [0.15, 0.2) is 0 Å². The lowest BCUT2D eigenvalue weighted by molar-refractivity contribution is 0.0634. The smallest absolute Gasteiger partial charge is 0.0621 e. The second-order valence-electron chi connectivity index (χ2n) is 4.96. The van der Waals surface area contributed by atoms with Crippen molar-refractivity contribution in [2.45, 2.75) is 32.8 Å². The number of ether oxygens (including phenoxy) is 1. The monoisotopic (exact) mass is 205 g/mol. The van der Waals surface area contributed by atoms with Crippen molar-refractivity contribution >= 4 is 12.4 Å². The molecule has 13 heavy (non-hydrogen) atoms. The Morgan fingerprint density at radius 2 is 2.15 bits per heavy atom. The molecule has 3 heteroatoms. The molecule has 2 saturated heterocycles. The highest BCUT2D eigenvalue weighted by Gasteiger charge is 2.35. The molecule has 1 N–H and O–H groups in total. The molecule has 2 aliphatic heterocycles. The molecule has 2 rings (SSSR count). The van der Waals surface area contributed by atoms with Gasteiger partial charge in [0.25, 0.3) is 0 Å². The first kappa shape index (κ1) is 11.3. The molecular weight excluding hydrogens is 186 g/mol. The molecule has 78 valence electrons. The Labute approximate surface area is 86.8 Å². The van der Waals surface area contributed by atoms with Crippen LogP contribution in [0.15, 0.2) is 0 Å². The van der Waals surface area contributed by atoms with E-state index in [-0.39, 0.29) is 12.4 Å². The van der Waals surface area contributed by atoms with Crippen molar-refractivity contribution in [1.29, 1.82) is 0 Å². The van der Waals surface area contributed by atoms with E-state index in [4.69, 9.17) is 4.74 Å². The predicted molar refractivity (Wildman–Crippen MR) is 56.4 cm³/mol. The van der Waals surface area contributed by atoms with Crippen LogP contribution in [0.1, 0.15) is 26.7 Å². The molecule has 0 aromatic carbocycles. The summed E-state index contributed by atoms with van der Waals surface area (Å²) in [6, 6.07) is 0. The number of hydrogen-bond acceptors (Lipinski definition) is 2. The van der Waals surface area contributed by atoms with E-state index >= 15 is 0 Å². The average Bonchev–Trinajstić information content (AvgIpc) is 2.31. The Balaban J connectivity index is 0.000000845. The van der Waals surface area contributed by atoms with Gasteiger partial charge in [-0.25, -0.2) is 0 Å². The fraction of sp³-hybridized carbons (Fsp3) is 1.00. The Kier molecular flexibility index (Phi) is 3.61. The predicted octanol–water partition coefficient (Wildman–Crippen LogP) is 1.83. The van der Waals surface area contributed by atoms with Gasteiger partial charge < -0.3 is 10.1 Å². The van der Waals surface area contributed by atoms with Crippen molar-refractivity contribution in [3.05, 3.63) is 0 Å². The van der Waals surface area contributed by atoms with Crippen LogP contribution in [0.25, 0.3) is 0 Å². The maximum absolute atomic E-state index is 5.73. The summed E-state index contributed by atoms with van der Waals surface area (Å²) in [5.41, 5.74) is 0.420. The Morgan fingerprint density at radius 1 is 1.38 bits per heavy atom. The summed E-state index contributed by atoms with van der Waals surface area (Å²) >= 11 is 0. The second-order valence-corrected chi connectivity index (χ2v) is 4.96. The van der Waals surface area contributed by atoms with Crippen molar-refractivity contribution in [2.24, 2.45) is 11.3 Å². The summed E-state index contributed by atoms with van der Waals surface area (Å²) in [6.07, 6.45) is 3.02. The van der Waals surface area contributed by atoms with Gasteiger partial charge >= 0.3 is 0 Å². The summed E-state index contributed by atoms with van der Waals surface area (Å²) in [7, 11) is 0. The van der Waals surface area contributed by atoms with Gasteiger partial charge in [0, 0.05) is 19.7 Å². The molecule has 0 aromatic rings. The first-order valence-electron chi connectivity index (χ1n) is 5.00. The molecule has 2 heterocycles. The third-order valence-corrected chi connectivity index (χ3v) is 3.11. The largest absolute Gasteiger partial charge is 0.378 e. The van der Waals surface area contributed by atoms with Crippen LogP contribution in [0, 0.1) is 11.3 Å². The summed E-state index contributed by atoms with van der Waals surface area (Å²) in [5.74, 6) is 0.784. The fourth-order valence-electron chi connectivity index (χ4n) is 2.36. The minimum absolute atomic E-state index is 0. The molecule has 2 fully saturated rings. The van der Waals surface area contributed by atoms with Gasteiger partial charge in [-0.3, -0.25) is 0 Å². The highest BCUT2D eigenvalue weighted by Crippen LogP contribution is 2.33. The standard InChI is InChI=1S/C10H19NO.ClH/c1-10(2)5-9-8(3-4-12-9)6-11-7-10;/h8-9,11H,3-7H2,1-2H3;1H/t8-,9+;/m1./s1. The van der Waals surface area contributed by atoms with E-state index in [1.807, 2.05) is 0 Å². The lowest BCUT2D eigenvalue weighted by atomic mass is 9.85. The Morgan fingerprint density at radius 3 is 2.92 bits per heavy atom. The molecule has 2 atom stereocenters.